The van der Waals surface area contributed by atoms with Gasteiger partial charge in [-0.05, 0) is 146 Å². The maximum atomic E-state index is 13.0. The Labute approximate surface area is 400 Å². The zero-order chi connectivity index (χ0) is 46.6. The number of benzene rings is 5. The topological polar surface area (TPSA) is 105 Å². The van der Waals surface area contributed by atoms with E-state index in [1.807, 2.05) is 24.3 Å². The lowest BCUT2D eigenvalue weighted by molar-refractivity contribution is 0.0732. The predicted octanol–water partition coefficient (Wildman–Crippen LogP) is 15.8. The summed E-state index contributed by atoms with van der Waals surface area (Å²) in [6.07, 6.45) is 22.7. The molecule has 0 aliphatic heterocycles. The third kappa shape index (κ3) is 19.3. The van der Waals surface area contributed by atoms with Crippen molar-refractivity contribution in [2.75, 3.05) is 13.2 Å². The molecule has 0 unspecified atom stereocenters. The molecule has 5 aromatic carbocycles. The summed E-state index contributed by atoms with van der Waals surface area (Å²) < 4.78 is 22.9. The van der Waals surface area contributed by atoms with Crippen LogP contribution < -0.4 is 18.9 Å². The van der Waals surface area contributed by atoms with Gasteiger partial charge in [0.15, 0.2) is 0 Å². The molecule has 0 amide bonds. The summed E-state index contributed by atoms with van der Waals surface area (Å²) in [6.45, 7) is 5.82. The Hall–Kier alpha value is -5.32. The molecule has 8 nitrogen and oxygen atoms in total. The van der Waals surface area contributed by atoms with Gasteiger partial charge in [-0.2, -0.15) is 0 Å². The van der Waals surface area contributed by atoms with Gasteiger partial charge in [-0.25, -0.2) is 9.59 Å². The highest BCUT2D eigenvalue weighted by molar-refractivity contribution is 8.14. The average Bonchev–Trinajstić information content (AvgIpc) is 3.33. The number of unbranched alkanes of at least 4 members (excludes halogenated alkanes) is 16. The molecule has 0 bridgehead atoms. The van der Waals surface area contributed by atoms with Crippen molar-refractivity contribution in [3.63, 3.8) is 0 Å². The molecule has 0 radical (unpaired) electrons. The third-order valence-corrected chi connectivity index (χ3v) is 12.9. The smallest absolute Gasteiger partial charge is 0.343 e. The first kappa shape index (κ1) is 51.7. The molecular formula is C56H66O8S2. The van der Waals surface area contributed by atoms with Crippen LogP contribution in [-0.4, -0.2) is 35.4 Å². The van der Waals surface area contributed by atoms with E-state index in [0.29, 0.717) is 45.3 Å². The summed E-state index contributed by atoms with van der Waals surface area (Å²) in [5.74, 6) is 0.694. The fourth-order valence-corrected chi connectivity index (χ4v) is 8.64. The summed E-state index contributed by atoms with van der Waals surface area (Å²) in [6, 6.07) is 33.9. The van der Waals surface area contributed by atoms with Crippen LogP contribution in [0.15, 0.2) is 131 Å². The summed E-state index contributed by atoms with van der Waals surface area (Å²) in [5, 5.41) is -0.233. The van der Waals surface area contributed by atoms with Crippen molar-refractivity contribution in [3.8, 4) is 23.0 Å². The molecular weight excluding hydrogens is 865 g/mol. The molecule has 0 saturated heterocycles. The number of hydrogen-bond acceptors (Lipinski definition) is 10. The number of thioether (sulfide) groups is 2. The Kier molecular flexibility index (Phi) is 23.5. The van der Waals surface area contributed by atoms with E-state index in [0.717, 1.165) is 47.9 Å². The highest BCUT2D eigenvalue weighted by Crippen LogP contribution is 2.28. The molecule has 0 spiro atoms. The Morgan fingerprint density at radius 2 is 0.682 bits per heavy atom. The molecule has 350 valence electrons. The summed E-state index contributed by atoms with van der Waals surface area (Å²) in [4.78, 5) is 53.4. The molecule has 0 aliphatic rings. The highest BCUT2D eigenvalue weighted by atomic mass is 32.2. The van der Waals surface area contributed by atoms with Crippen molar-refractivity contribution >= 4 is 45.7 Å². The highest BCUT2D eigenvalue weighted by Gasteiger charge is 2.15. The lowest BCUT2D eigenvalue weighted by atomic mass is 10.1. The van der Waals surface area contributed by atoms with Crippen LogP contribution in [-0.2, 0) is 0 Å². The normalized spacial score (nSPS) is 10.9. The van der Waals surface area contributed by atoms with Crippen molar-refractivity contribution in [2.24, 2.45) is 0 Å². The van der Waals surface area contributed by atoms with Gasteiger partial charge in [-0.15, -0.1) is 0 Å². The monoisotopic (exact) mass is 930 g/mol. The molecule has 0 fully saturated rings. The molecule has 5 rings (SSSR count). The fraction of sp³-hybridized carbons (Fsp3) is 0.393. The van der Waals surface area contributed by atoms with Gasteiger partial charge in [0.1, 0.15) is 23.0 Å². The van der Waals surface area contributed by atoms with E-state index in [4.69, 9.17) is 18.9 Å². The Bertz CT molecular complexity index is 2050. The van der Waals surface area contributed by atoms with Crippen LogP contribution in [0.3, 0.4) is 0 Å². The summed E-state index contributed by atoms with van der Waals surface area (Å²) >= 11 is 2.15. The minimum Gasteiger partial charge on any atom is -0.494 e. The van der Waals surface area contributed by atoms with Gasteiger partial charge in [0.05, 0.1) is 24.3 Å². The number of carbonyl (C=O) groups excluding carboxylic acids is 4. The van der Waals surface area contributed by atoms with E-state index < -0.39 is 11.9 Å². The minimum atomic E-state index is -0.601. The van der Waals surface area contributed by atoms with Gasteiger partial charge in [0.25, 0.3) is 0 Å². The number of esters is 2. The zero-order valence-corrected chi connectivity index (χ0v) is 40.4. The van der Waals surface area contributed by atoms with Crippen LogP contribution in [0.25, 0.3) is 0 Å². The lowest BCUT2D eigenvalue weighted by Crippen LogP contribution is -2.10. The number of hydrogen-bond donors (Lipinski definition) is 0. The number of ether oxygens (including phenoxy) is 4. The lowest BCUT2D eigenvalue weighted by Gasteiger charge is -2.09. The van der Waals surface area contributed by atoms with E-state index >= 15 is 0 Å². The fourth-order valence-electron chi connectivity index (χ4n) is 7.16. The van der Waals surface area contributed by atoms with Gasteiger partial charge in [-0.1, -0.05) is 123 Å². The van der Waals surface area contributed by atoms with Gasteiger partial charge < -0.3 is 18.9 Å². The quantitative estimate of drug-likeness (QED) is 0.0191. The van der Waals surface area contributed by atoms with E-state index in [1.165, 1.54) is 109 Å². The molecule has 0 aliphatic carbocycles. The maximum Gasteiger partial charge on any atom is 0.343 e. The second kappa shape index (κ2) is 30.1. The van der Waals surface area contributed by atoms with Crippen LogP contribution in [0.1, 0.15) is 171 Å². The molecule has 10 heteroatoms. The Morgan fingerprint density at radius 1 is 0.364 bits per heavy atom. The maximum absolute atomic E-state index is 13.0. The Balaban J connectivity index is 0.987. The van der Waals surface area contributed by atoms with E-state index in [9.17, 15) is 19.2 Å². The van der Waals surface area contributed by atoms with Gasteiger partial charge in [0.2, 0.25) is 10.2 Å². The largest absolute Gasteiger partial charge is 0.494 e. The van der Waals surface area contributed by atoms with Crippen LogP contribution in [0.4, 0.5) is 0 Å². The van der Waals surface area contributed by atoms with Crippen molar-refractivity contribution in [3.05, 3.63) is 144 Å². The van der Waals surface area contributed by atoms with E-state index in [1.54, 1.807) is 91.0 Å². The number of carbonyl (C=O) groups is 4. The minimum absolute atomic E-state index is 0.116. The average molecular weight is 931 g/mol. The number of rotatable bonds is 30. The van der Waals surface area contributed by atoms with Crippen molar-refractivity contribution in [1.82, 2.24) is 0 Å². The molecule has 0 aromatic heterocycles. The van der Waals surface area contributed by atoms with Crippen LogP contribution in [0, 0.1) is 0 Å². The molecule has 0 atom stereocenters. The summed E-state index contributed by atoms with van der Waals surface area (Å²) in [5.41, 5.74) is 1.71. The molecule has 5 aromatic rings. The molecule has 66 heavy (non-hydrogen) atoms. The second-order valence-corrected chi connectivity index (χ2v) is 18.6. The van der Waals surface area contributed by atoms with Gasteiger partial charge in [-0.3, -0.25) is 9.59 Å². The zero-order valence-electron chi connectivity index (χ0n) is 38.8. The first-order chi connectivity index (χ1) is 32.3. The van der Waals surface area contributed by atoms with E-state index in [2.05, 4.69) is 13.8 Å². The van der Waals surface area contributed by atoms with E-state index in [-0.39, 0.29) is 21.7 Å². The SMILES string of the molecule is CCCCCCCCCCCOc1ccc(C(=O)Sc2ccc(C(=O)Oc3cccc(OC(=O)c4ccc(SC(=O)c5ccc(OCCCCCCCCCCC)cc5)cc4)c3)cc2)cc1. The van der Waals surface area contributed by atoms with Crippen LogP contribution >= 0.6 is 23.5 Å². The standard InChI is InChI=1S/C56H66O8S2/c1-3-5-7-9-11-13-15-17-19-40-61-47-32-24-45(25-33-47)55(59)65-51-36-28-43(29-37-51)53(57)63-49-22-21-23-50(42-49)64-54(58)44-30-38-52(39-31-44)66-56(60)46-26-34-48(35-27-46)62-41-20-18-16-14-12-10-8-6-4-2/h21-39,42H,3-20,40-41H2,1-2H3. The van der Waals surface area contributed by atoms with Crippen molar-refractivity contribution in [2.45, 2.75) is 139 Å². The van der Waals surface area contributed by atoms with Crippen molar-refractivity contribution in [1.29, 1.82) is 0 Å². The molecule has 0 heterocycles. The predicted molar refractivity (Wildman–Crippen MR) is 268 cm³/mol. The Morgan fingerprint density at radius 3 is 1.03 bits per heavy atom. The third-order valence-electron chi connectivity index (χ3n) is 11.0. The molecule has 0 saturated carbocycles. The first-order valence-corrected chi connectivity index (χ1v) is 25.6. The van der Waals surface area contributed by atoms with Gasteiger partial charge >= 0.3 is 11.9 Å². The summed E-state index contributed by atoms with van der Waals surface area (Å²) in [7, 11) is 0. The second-order valence-electron chi connectivity index (χ2n) is 16.5. The van der Waals surface area contributed by atoms with Gasteiger partial charge in [0, 0.05) is 27.0 Å². The van der Waals surface area contributed by atoms with Crippen LogP contribution in [0.5, 0.6) is 23.0 Å². The first-order valence-electron chi connectivity index (χ1n) is 24.0. The molecule has 0 N–H and O–H groups in total. The van der Waals surface area contributed by atoms with Crippen LogP contribution in [0.2, 0.25) is 0 Å². The van der Waals surface area contributed by atoms with Crippen molar-refractivity contribution < 1.29 is 38.1 Å².